The van der Waals surface area contributed by atoms with E-state index in [1.165, 1.54) is 13.0 Å². The number of carbonyl (C=O) groups is 6. The number of fused-ring (bicyclic) bond motifs is 3. The third kappa shape index (κ3) is 2.75. The van der Waals surface area contributed by atoms with Crippen LogP contribution < -0.4 is 11.1 Å². The van der Waals surface area contributed by atoms with Crippen LogP contribution in [0.4, 0.5) is 5.69 Å². The Labute approximate surface area is 182 Å². The molecule has 3 aliphatic carbocycles. The van der Waals surface area contributed by atoms with Gasteiger partial charge in [-0.3, -0.25) is 28.8 Å². The van der Waals surface area contributed by atoms with Crippen molar-refractivity contribution in [3.05, 3.63) is 23.3 Å². The standard InChI is InChI=1S/C22H22N2O8/c1-7-10-3-4-12(24-8(2)25)17(27)14(10)18(28)15-11(7)5-9-6-13(26)16(21(23)31)20(30)22(9,32)19(15)29/h3-4,7,9,11,15-16,27,32H,5-6H2,1-2H3,(H2,23,31)(H,24,25)/t7-,9-,11+,15?,16?,22-/m0/s1. The number of phenols is 1. The number of aromatic hydroxyl groups is 1. The molecule has 2 saturated carbocycles. The number of primary amides is 1. The van der Waals surface area contributed by atoms with Crippen LogP contribution in [-0.4, -0.2) is 50.8 Å². The molecule has 10 nitrogen and oxygen atoms in total. The average molecular weight is 442 g/mol. The number of benzene rings is 1. The number of hydrogen-bond donors (Lipinski definition) is 4. The quantitative estimate of drug-likeness (QED) is 0.360. The molecule has 6 atom stereocenters. The molecule has 0 saturated heterocycles. The zero-order chi connectivity index (χ0) is 23.7. The molecule has 4 rings (SSSR count). The van der Waals surface area contributed by atoms with E-state index in [4.69, 9.17) is 5.73 Å². The molecule has 0 spiro atoms. The minimum atomic E-state index is -2.69. The molecular formula is C22H22N2O8. The van der Waals surface area contributed by atoms with E-state index in [1.807, 2.05) is 0 Å². The minimum absolute atomic E-state index is 0.0109. The fourth-order valence-electron chi connectivity index (χ4n) is 5.56. The second-order valence-corrected chi connectivity index (χ2v) is 8.83. The minimum Gasteiger partial charge on any atom is -0.505 e. The van der Waals surface area contributed by atoms with Crippen LogP contribution in [0.15, 0.2) is 12.1 Å². The Kier molecular flexibility index (Phi) is 4.81. The second kappa shape index (κ2) is 7.06. The summed E-state index contributed by atoms with van der Waals surface area (Å²) in [6.07, 6.45) is -0.359. The van der Waals surface area contributed by atoms with Gasteiger partial charge in [0.2, 0.25) is 11.8 Å². The Bertz CT molecular complexity index is 1130. The van der Waals surface area contributed by atoms with E-state index >= 15 is 0 Å². The molecule has 0 aromatic heterocycles. The third-order valence-electron chi connectivity index (χ3n) is 7.11. The van der Waals surface area contributed by atoms with Gasteiger partial charge in [0.1, 0.15) is 5.75 Å². The Morgan fingerprint density at radius 2 is 1.81 bits per heavy atom. The lowest BCUT2D eigenvalue weighted by molar-refractivity contribution is -0.176. The Hall–Kier alpha value is -3.40. The van der Waals surface area contributed by atoms with E-state index in [9.17, 15) is 39.0 Å². The maximum absolute atomic E-state index is 13.4. The highest BCUT2D eigenvalue weighted by atomic mass is 16.3. The van der Waals surface area contributed by atoms with Gasteiger partial charge >= 0.3 is 0 Å². The summed E-state index contributed by atoms with van der Waals surface area (Å²) in [6, 6.07) is 3.02. The van der Waals surface area contributed by atoms with E-state index in [0.29, 0.717) is 5.56 Å². The normalized spacial score (nSPS) is 33.8. The molecule has 2 unspecified atom stereocenters. The van der Waals surface area contributed by atoms with Gasteiger partial charge in [-0.2, -0.15) is 0 Å². The summed E-state index contributed by atoms with van der Waals surface area (Å²) in [5.41, 5.74) is 2.76. The van der Waals surface area contributed by atoms with Crippen molar-refractivity contribution in [1.82, 2.24) is 0 Å². The van der Waals surface area contributed by atoms with Crippen LogP contribution >= 0.6 is 0 Å². The Balaban J connectivity index is 1.83. The van der Waals surface area contributed by atoms with E-state index in [2.05, 4.69) is 5.32 Å². The zero-order valence-electron chi connectivity index (χ0n) is 17.4. The van der Waals surface area contributed by atoms with E-state index in [0.717, 1.165) is 0 Å². The first kappa shape index (κ1) is 21.8. The number of rotatable bonds is 2. The monoisotopic (exact) mass is 442 g/mol. The molecule has 5 N–H and O–H groups in total. The molecule has 168 valence electrons. The Morgan fingerprint density at radius 1 is 1.16 bits per heavy atom. The number of carbonyl (C=O) groups excluding carboxylic acids is 6. The van der Waals surface area contributed by atoms with Crippen LogP contribution in [0.2, 0.25) is 0 Å². The van der Waals surface area contributed by atoms with E-state index in [-0.39, 0.29) is 24.1 Å². The summed E-state index contributed by atoms with van der Waals surface area (Å²) >= 11 is 0. The number of phenolic OH excluding ortho intramolecular Hbond substituents is 1. The molecule has 1 aromatic carbocycles. The van der Waals surface area contributed by atoms with Gasteiger partial charge in [-0.25, -0.2) is 0 Å². The maximum Gasteiger partial charge on any atom is 0.235 e. The van der Waals surface area contributed by atoms with Gasteiger partial charge in [0.05, 0.1) is 17.2 Å². The summed E-state index contributed by atoms with van der Waals surface area (Å²) in [7, 11) is 0. The van der Waals surface area contributed by atoms with E-state index in [1.54, 1.807) is 13.0 Å². The lowest BCUT2D eigenvalue weighted by Gasteiger charge is -2.50. The van der Waals surface area contributed by atoms with Crippen LogP contribution in [0, 0.1) is 23.7 Å². The van der Waals surface area contributed by atoms with Gasteiger partial charge in [0, 0.05) is 19.3 Å². The van der Waals surface area contributed by atoms with Crippen LogP contribution in [0.5, 0.6) is 5.75 Å². The van der Waals surface area contributed by atoms with Crippen LogP contribution in [0.3, 0.4) is 0 Å². The van der Waals surface area contributed by atoms with Crippen LogP contribution in [0.25, 0.3) is 0 Å². The lowest BCUT2D eigenvalue weighted by atomic mass is 9.52. The lowest BCUT2D eigenvalue weighted by Crippen LogP contribution is -2.68. The number of nitrogens with one attached hydrogen (secondary N) is 1. The van der Waals surface area contributed by atoms with Crippen molar-refractivity contribution in [2.24, 2.45) is 29.4 Å². The van der Waals surface area contributed by atoms with Crippen molar-refractivity contribution >= 4 is 40.6 Å². The van der Waals surface area contributed by atoms with Gasteiger partial charge < -0.3 is 21.3 Å². The SMILES string of the molecule is CC(=O)Nc1ccc2c(c1O)C(=O)C1C(=O)[C@]3(O)C(=O)C(C(N)=O)C(=O)C[C@@H]3C[C@@H]1[C@H]2C. The molecule has 0 aliphatic heterocycles. The predicted octanol–water partition coefficient (Wildman–Crippen LogP) is -0.154. The first-order chi connectivity index (χ1) is 14.9. The number of amides is 2. The van der Waals surface area contributed by atoms with Crippen LogP contribution in [-0.2, 0) is 24.0 Å². The largest absolute Gasteiger partial charge is 0.505 e. The zero-order valence-corrected chi connectivity index (χ0v) is 17.4. The van der Waals surface area contributed by atoms with Crippen LogP contribution in [0.1, 0.15) is 48.5 Å². The third-order valence-corrected chi connectivity index (χ3v) is 7.11. The molecule has 0 bridgehead atoms. The maximum atomic E-state index is 13.4. The highest BCUT2D eigenvalue weighted by Crippen LogP contribution is 2.54. The van der Waals surface area contributed by atoms with Crippen molar-refractivity contribution in [3.8, 4) is 5.75 Å². The van der Waals surface area contributed by atoms with Crippen molar-refractivity contribution < 1.29 is 39.0 Å². The number of aliphatic hydroxyl groups is 1. The molecule has 0 heterocycles. The van der Waals surface area contributed by atoms with Crippen molar-refractivity contribution in [3.63, 3.8) is 0 Å². The predicted molar refractivity (Wildman–Crippen MR) is 108 cm³/mol. The first-order valence-corrected chi connectivity index (χ1v) is 10.2. The summed E-state index contributed by atoms with van der Waals surface area (Å²) < 4.78 is 0. The molecule has 10 heteroatoms. The number of anilines is 1. The summed E-state index contributed by atoms with van der Waals surface area (Å²) in [6.45, 7) is 2.97. The number of hydrogen-bond acceptors (Lipinski definition) is 8. The van der Waals surface area contributed by atoms with Gasteiger partial charge in [0.15, 0.2) is 34.7 Å². The molecule has 0 radical (unpaired) electrons. The summed E-state index contributed by atoms with van der Waals surface area (Å²) in [5.74, 6) is -11.7. The number of Topliss-reactive ketones (excluding diaryl/α,β-unsaturated/α-hetero) is 4. The number of nitrogens with two attached hydrogens (primary N) is 1. The van der Waals surface area contributed by atoms with Gasteiger partial charge in [-0.1, -0.05) is 13.0 Å². The second-order valence-electron chi connectivity index (χ2n) is 8.83. The smallest absolute Gasteiger partial charge is 0.235 e. The highest BCUT2D eigenvalue weighted by Gasteiger charge is 2.66. The Morgan fingerprint density at radius 3 is 2.41 bits per heavy atom. The van der Waals surface area contributed by atoms with Gasteiger partial charge in [0.25, 0.3) is 0 Å². The van der Waals surface area contributed by atoms with Gasteiger partial charge in [-0.05, 0) is 29.9 Å². The summed E-state index contributed by atoms with van der Waals surface area (Å²) in [4.78, 5) is 75.1. The molecule has 3 aliphatic rings. The molecule has 2 fully saturated rings. The highest BCUT2D eigenvalue weighted by molar-refractivity contribution is 6.31. The first-order valence-electron chi connectivity index (χ1n) is 10.2. The average Bonchev–Trinajstić information content (AvgIpc) is 2.69. The molecule has 1 aromatic rings. The van der Waals surface area contributed by atoms with Crippen molar-refractivity contribution in [1.29, 1.82) is 0 Å². The molecule has 2 amide bonds. The number of ketones is 4. The van der Waals surface area contributed by atoms with E-state index < -0.39 is 75.9 Å². The summed E-state index contributed by atoms with van der Waals surface area (Å²) in [5, 5.41) is 24.2. The van der Waals surface area contributed by atoms with Crippen molar-refractivity contribution in [2.45, 2.75) is 38.2 Å². The molecular weight excluding hydrogens is 420 g/mol. The fraction of sp³-hybridized carbons (Fsp3) is 0.455. The topological polar surface area (TPSA) is 181 Å². The van der Waals surface area contributed by atoms with Gasteiger partial charge in [-0.15, -0.1) is 0 Å². The fourth-order valence-corrected chi connectivity index (χ4v) is 5.56. The van der Waals surface area contributed by atoms with Crippen molar-refractivity contribution in [2.75, 3.05) is 5.32 Å². The molecule has 32 heavy (non-hydrogen) atoms.